The van der Waals surface area contributed by atoms with Crippen LogP contribution < -0.4 is 9.62 Å². The van der Waals surface area contributed by atoms with Gasteiger partial charge in [0, 0.05) is 33.2 Å². The molecular formula is C30H34Cl3N3O4S. The quantitative estimate of drug-likeness (QED) is 0.251. The predicted octanol–water partition coefficient (Wildman–Crippen LogP) is 6.79. The van der Waals surface area contributed by atoms with Crippen LogP contribution in [0.15, 0.2) is 65.6 Å². The minimum atomic E-state index is -4.22. The zero-order valence-corrected chi connectivity index (χ0v) is 26.7. The molecule has 0 saturated carbocycles. The third kappa shape index (κ3) is 7.95. The Morgan fingerprint density at radius 1 is 0.902 bits per heavy atom. The van der Waals surface area contributed by atoms with Crippen LogP contribution in [0.2, 0.25) is 15.1 Å². The fourth-order valence-electron chi connectivity index (χ4n) is 4.30. The summed E-state index contributed by atoms with van der Waals surface area (Å²) in [6.45, 7) is 8.54. The minimum Gasteiger partial charge on any atom is -0.352 e. The molecule has 0 aromatic heterocycles. The van der Waals surface area contributed by atoms with Crippen LogP contribution in [0.25, 0.3) is 0 Å². The Bertz CT molecular complexity index is 1490. The molecule has 3 rings (SSSR count). The van der Waals surface area contributed by atoms with Crippen molar-refractivity contribution in [1.29, 1.82) is 0 Å². The van der Waals surface area contributed by atoms with Crippen molar-refractivity contribution in [2.75, 3.05) is 10.8 Å². The number of nitrogens with zero attached hydrogens (tertiary/aromatic N) is 2. The van der Waals surface area contributed by atoms with E-state index in [9.17, 15) is 18.0 Å². The number of sulfonamides is 1. The molecule has 3 aromatic rings. The van der Waals surface area contributed by atoms with Crippen LogP contribution in [-0.2, 0) is 26.2 Å². The van der Waals surface area contributed by atoms with Crippen molar-refractivity contribution in [3.8, 4) is 0 Å². The van der Waals surface area contributed by atoms with Crippen molar-refractivity contribution in [1.82, 2.24) is 10.2 Å². The molecule has 220 valence electrons. The van der Waals surface area contributed by atoms with Crippen LogP contribution >= 0.6 is 34.8 Å². The Balaban J connectivity index is 2.13. The summed E-state index contributed by atoms with van der Waals surface area (Å²) >= 11 is 18.9. The summed E-state index contributed by atoms with van der Waals surface area (Å²) in [6.07, 6.45) is 0.278. The van der Waals surface area contributed by atoms with Crippen molar-refractivity contribution < 1.29 is 18.0 Å². The number of benzene rings is 3. The Kier molecular flexibility index (Phi) is 11.1. The summed E-state index contributed by atoms with van der Waals surface area (Å²) in [4.78, 5) is 28.7. The molecule has 0 bridgehead atoms. The highest BCUT2D eigenvalue weighted by molar-refractivity contribution is 7.92. The lowest BCUT2D eigenvalue weighted by Crippen LogP contribution is -2.53. The number of carbonyl (C=O) groups excluding carboxylic acids is 2. The Hall–Kier alpha value is -2.78. The monoisotopic (exact) mass is 637 g/mol. The van der Waals surface area contributed by atoms with Crippen LogP contribution in [0.4, 0.5) is 5.69 Å². The predicted molar refractivity (Wildman–Crippen MR) is 166 cm³/mol. The van der Waals surface area contributed by atoms with Gasteiger partial charge < -0.3 is 10.2 Å². The van der Waals surface area contributed by atoms with Crippen molar-refractivity contribution in [2.45, 2.75) is 64.6 Å². The number of hydrogen-bond acceptors (Lipinski definition) is 4. The lowest BCUT2D eigenvalue weighted by Gasteiger charge is -2.34. The summed E-state index contributed by atoms with van der Waals surface area (Å²) in [7, 11) is -4.22. The van der Waals surface area contributed by atoms with Gasteiger partial charge in [-0.2, -0.15) is 0 Å². The van der Waals surface area contributed by atoms with E-state index in [1.807, 2.05) is 27.7 Å². The van der Waals surface area contributed by atoms with Crippen molar-refractivity contribution >= 4 is 62.3 Å². The second-order valence-corrected chi connectivity index (χ2v) is 13.2. The van der Waals surface area contributed by atoms with Gasteiger partial charge in [-0.05, 0) is 93.8 Å². The van der Waals surface area contributed by atoms with Crippen LogP contribution in [0.5, 0.6) is 0 Å². The molecule has 0 aliphatic rings. The van der Waals surface area contributed by atoms with Gasteiger partial charge in [-0.25, -0.2) is 8.42 Å². The van der Waals surface area contributed by atoms with Gasteiger partial charge in [-0.1, -0.05) is 53.9 Å². The number of rotatable bonds is 11. The Labute approximate surface area is 257 Å². The largest absolute Gasteiger partial charge is 0.352 e. The zero-order valence-electron chi connectivity index (χ0n) is 23.6. The average molecular weight is 639 g/mol. The molecule has 1 unspecified atom stereocenters. The second kappa shape index (κ2) is 13.9. The third-order valence-electron chi connectivity index (χ3n) is 6.67. The van der Waals surface area contributed by atoms with E-state index >= 15 is 0 Å². The number of nitrogens with one attached hydrogen (secondary N) is 1. The first-order chi connectivity index (χ1) is 19.3. The Morgan fingerprint density at radius 2 is 1.51 bits per heavy atom. The molecular weight excluding hydrogens is 605 g/mol. The molecule has 3 aromatic carbocycles. The third-order valence-corrected chi connectivity index (χ3v) is 9.41. The van der Waals surface area contributed by atoms with Gasteiger partial charge >= 0.3 is 0 Å². The molecule has 1 atom stereocenters. The highest BCUT2D eigenvalue weighted by Crippen LogP contribution is 2.30. The lowest BCUT2D eigenvalue weighted by atomic mass is 10.1. The van der Waals surface area contributed by atoms with Gasteiger partial charge in [0.15, 0.2) is 0 Å². The summed E-state index contributed by atoms with van der Waals surface area (Å²) in [5.41, 5.74) is 2.59. The normalized spacial score (nSPS) is 12.2. The number of hydrogen-bond donors (Lipinski definition) is 1. The van der Waals surface area contributed by atoms with Crippen molar-refractivity contribution in [3.63, 3.8) is 0 Å². The van der Waals surface area contributed by atoms with Gasteiger partial charge in [0.25, 0.3) is 10.0 Å². The fourth-order valence-corrected chi connectivity index (χ4v) is 6.35. The number of carbonyl (C=O) groups is 2. The first kappa shape index (κ1) is 32.7. The molecule has 11 heteroatoms. The van der Waals surface area contributed by atoms with Gasteiger partial charge in [-0.15, -0.1) is 0 Å². The standard InChI is InChI=1S/C30H34Cl3N3O4S/c1-6-28(30(38)34-19(2)3)35(17-25-26(32)8-7-9-27(25)33)29(37)18-36(23-13-10-20(4)21(5)16-23)41(39,40)24-14-11-22(31)12-15-24/h7-16,19,28H,6,17-18H2,1-5H3,(H,34,38). The van der Waals surface area contributed by atoms with E-state index in [0.717, 1.165) is 15.4 Å². The van der Waals surface area contributed by atoms with Crippen LogP contribution in [0, 0.1) is 13.8 Å². The van der Waals surface area contributed by atoms with E-state index in [4.69, 9.17) is 34.8 Å². The maximum absolute atomic E-state index is 14.2. The minimum absolute atomic E-state index is 0.0294. The fraction of sp³-hybridized carbons (Fsp3) is 0.333. The van der Waals surface area contributed by atoms with E-state index in [2.05, 4.69) is 5.32 Å². The summed E-state index contributed by atoms with van der Waals surface area (Å²) < 4.78 is 29.0. The maximum atomic E-state index is 14.2. The van der Waals surface area contributed by atoms with Crippen LogP contribution in [0.1, 0.15) is 43.9 Å². The number of aryl methyl sites for hydroxylation is 2. The van der Waals surface area contributed by atoms with Gasteiger partial charge in [0.1, 0.15) is 12.6 Å². The topological polar surface area (TPSA) is 86.8 Å². The zero-order chi connectivity index (χ0) is 30.5. The SMILES string of the molecule is CCC(C(=O)NC(C)C)N(Cc1c(Cl)cccc1Cl)C(=O)CN(c1ccc(C)c(C)c1)S(=O)(=O)c1ccc(Cl)cc1. The molecule has 0 saturated heterocycles. The second-order valence-electron chi connectivity index (χ2n) is 10.0. The molecule has 41 heavy (non-hydrogen) atoms. The summed E-state index contributed by atoms with van der Waals surface area (Å²) in [5.74, 6) is -0.958. The molecule has 0 aliphatic heterocycles. The summed E-state index contributed by atoms with van der Waals surface area (Å²) in [6, 6.07) is 14.8. The van der Waals surface area contributed by atoms with E-state index < -0.39 is 28.5 Å². The maximum Gasteiger partial charge on any atom is 0.264 e. The first-order valence-corrected chi connectivity index (χ1v) is 15.7. The Morgan fingerprint density at radius 3 is 2.05 bits per heavy atom. The van der Waals surface area contributed by atoms with Gasteiger partial charge in [0.05, 0.1) is 10.6 Å². The van der Waals surface area contributed by atoms with E-state index in [1.165, 1.54) is 29.2 Å². The lowest BCUT2D eigenvalue weighted by molar-refractivity contribution is -0.140. The van der Waals surface area contributed by atoms with Crippen LogP contribution in [-0.4, -0.2) is 43.8 Å². The van der Waals surface area contributed by atoms with Gasteiger partial charge in [-0.3, -0.25) is 13.9 Å². The van der Waals surface area contributed by atoms with E-state index in [-0.39, 0.29) is 29.8 Å². The molecule has 0 fully saturated rings. The highest BCUT2D eigenvalue weighted by Gasteiger charge is 2.34. The molecule has 0 heterocycles. The number of amides is 2. The molecule has 0 spiro atoms. The average Bonchev–Trinajstić information content (AvgIpc) is 2.90. The first-order valence-electron chi connectivity index (χ1n) is 13.1. The highest BCUT2D eigenvalue weighted by atomic mass is 35.5. The molecule has 7 nitrogen and oxygen atoms in total. The van der Waals surface area contributed by atoms with E-state index in [0.29, 0.717) is 26.3 Å². The molecule has 2 amide bonds. The molecule has 1 N–H and O–H groups in total. The summed E-state index contributed by atoms with van der Waals surface area (Å²) in [5, 5.41) is 3.89. The number of halogens is 3. The van der Waals surface area contributed by atoms with Crippen LogP contribution in [0.3, 0.4) is 0 Å². The van der Waals surface area contributed by atoms with Crippen molar-refractivity contribution in [2.24, 2.45) is 0 Å². The van der Waals surface area contributed by atoms with E-state index in [1.54, 1.807) is 43.3 Å². The smallest absolute Gasteiger partial charge is 0.264 e. The van der Waals surface area contributed by atoms with Gasteiger partial charge in [0.2, 0.25) is 11.8 Å². The van der Waals surface area contributed by atoms with Crippen molar-refractivity contribution in [3.05, 3.63) is 92.4 Å². The number of anilines is 1. The molecule has 0 aliphatic carbocycles. The molecule has 0 radical (unpaired) electrons.